The zero-order valence-electron chi connectivity index (χ0n) is 14.9. The van der Waals surface area contributed by atoms with E-state index in [1.165, 1.54) is 5.56 Å². The Labute approximate surface area is 157 Å². The van der Waals surface area contributed by atoms with Crippen molar-refractivity contribution >= 4 is 16.9 Å². The Bertz CT molecular complexity index is 1040. The van der Waals surface area contributed by atoms with Gasteiger partial charge in [0.25, 0.3) is 5.91 Å². The number of aryl methyl sites for hydroxylation is 2. The second kappa shape index (κ2) is 7.83. The summed E-state index contributed by atoms with van der Waals surface area (Å²) in [5.74, 6) is 0.808. The maximum Gasteiger partial charge on any atom is 0.251 e. The van der Waals surface area contributed by atoms with E-state index in [1.807, 2.05) is 48.5 Å². The first-order valence-corrected chi connectivity index (χ1v) is 8.98. The van der Waals surface area contributed by atoms with Gasteiger partial charge in [0.05, 0.1) is 23.3 Å². The van der Waals surface area contributed by atoms with Crippen molar-refractivity contribution in [2.24, 2.45) is 0 Å². The molecule has 0 saturated carbocycles. The van der Waals surface area contributed by atoms with Crippen LogP contribution in [0.2, 0.25) is 0 Å². The van der Waals surface area contributed by atoms with Crippen LogP contribution in [0.3, 0.4) is 0 Å². The third kappa shape index (κ3) is 4.20. The molecule has 4 rings (SSSR count). The van der Waals surface area contributed by atoms with Crippen molar-refractivity contribution in [3.63, 3.8) is 0 Å². The molecule has 2 heterocycles. The quantitative estimate of drug-likeness (QED) is 0.554. The Morgan fingerprint density at radius 3 is 2.63 bits per heavy atom. The number of nitrogens with zero attached hydrogens (tertiary/aromatic N) is 2. The summed E-state index contributed by atoms with van der Waals surface area (Å²) in [5, 5.41) is 2.90. The molecule has 0 aliphatic rings. The van der Waals surface area contributed by atoms with Crippen LogP contribution in [0, 0.1) is 0 Å². The fourth-order valence-electron chi connectivity index (χ4n) is 3.01. The molecular weight excluding hydrogens is 336 g/mol. The van der Waals surface area contributed by atoms with Gasteiger partial charge in [-0.05, 0) is 42.3 Å². The molecule has 1 amide bonds. The van der Waals surface area contributed by atoms with Gasteiger partial charge >= 0.3 is 0 Å². The van der Waals surface area contributed by atoms with Gasteiger partial charge < -0.3 is 10.3 Å². The van der Waals surface area contributed by atoms with Gasteiger partial charge in [0.2, 0.25) is 0 Å². The predicted octanol–water partition coefficient (Wildman–Crippen LogP) is 3.67. The molecular formula is C22H20N4O. The molecule has 2 aromatic carbocycles. The van der Waals surface area contributed by atoms with E-state index in [0.29, 0.717) is 12.1 Å². The van der Waals surface area contributed by atoms with E-state index < -0.39 is 0 Å². The van der Waals surface area contributed by atoms with Gasteiger partial charge in [-0.1, -0.05) is 36.4 Å². The average Bonchev–Trinajstić information content (AvgIpc) is 3.14. The highest BCUT2D eigenvalue weighted by atomic mass is 16.1. The number of amides is 1. The van der Waals surface area contributed by atoms with Crippen LogP contribution in [0.15, 0.2) is 72.9 Å². The second-order valence-corrected chi connectivity index (χ2v) is 6.40. The maximum absolute atomic E-state index is 12.4. The first-order chi connectivity index (χ1) is 13.3. The Hall–Kier alpha value is -3.47. The molecule has 2 aromatic heterocycles. The third-order valence-corrected chi connectivity index (χ3v) is 4.44. The molecule has 0 aliphatic heterocycles. The summed E-state index contributed by atoms with van der Waals surface area (Å²) in [6.45, 7) is 0.406. The van der Waals surface area contributed by atoms with E-state index in [2.05, 4.69) is 32.4 Å². The smallest absolute Gasteiger partial charge is 0.251 e. The standard InChI is InChI=1S/C22H20N4O/c27-22(24-15-18-8-4-5-13-23-18)17-10-11-19-20(14-17)26-21(25-19)12-9-16-6-2-1-3-7-16/h1-8,10-11,13-14H,9,12,15H2,(H,24,27)(H,25,26). The van der Waals surface area contributed by atoms with Crippen molar-refractivity contribution in [2.75, 3.05) is 0 Å². The van der Waals surface area contributed by atoms with Crippen molar-refractivity contribution in [3.8, 4) is 0 Å². The first-order valence-electron chi connectivity index (χ1n) is 8.98. The molecule has 5 nitrogen and oxygen atoms in total. The van der Waals surface area contributed by atoms with E-state index in [9.17, 15) is 4.79 Å². The Kier molecular flexibility index (Phi) is 4.92. The molecule has 4 aromatic rings. The Balaban J connectivity index is 1.43. The summed E-state index contributed by atoms with van der Waals surface area (Å²) in [7, 11) is 0. The monoisotopic (exact) mass is 356 g/mol. The van der Waals surface area contributed by atoms with Crippen LogP contribution in [-0.4, -0.2) is 20.9 Å². The van der Waals surface area contributed by atoms with Crippen LogP contribution in [0.1, 0.15) is 27.4 Å². The Morgan fingerprint density at radius 1 is 0.963 bits per heavy atom. The number of pyridine rings is 1. The third-order valence-electron chi connectivity index (χ3n) is 4.44. The topological polar surface area (TPSA) is 70.7 Å². The predicted molar refractivity (Wildman–Crippen MR) is 105 cm³/mol. The zero-order chi connectivity index (χ0) is 18.5. The zero-order valence-corrected chi connectivity index (χ0v) is 14.9. The van der Waals surface area contributed by atoms with Crippen molar-refractivity contribution in [3.05, 3.63) is 95.6 Å². The van der Waals surface area contributed by atoms with Gasteiger partial charge in [-0.3, -0.25) is 9.78 Å². The normalized spacial score (nSPS) is 10.8. The largest absolute Gasteiger partial charge is 0.346 e. The number of imidazole rings is 1. The molecule has 0 saturated heterocycles. The fraction of sp³-hybridized carbons (Fsp3) is 0.136. The lowest BCUT2D eigenvalue weighted by atomic mass is 10.1. The van der Waals surface area contributed by atoms with Gasteiger partial charge in [0, 0.05) is 18.2 Å². The lowest BCUT2D eigenvalue weighted by Gasteiger charge is -2.04. The summed E-state index contributed by atoms with van der Waals surface area (Å²) >= 11 is 0. The number of nitrogens with one attached hydrogen (secondary N) is 2. The molecule has 0 unspecified atom stereocenters. The highest BCUT2D eigenvalue weighted by Gasteiger charge is 2.09. The summed E-state index contributed by atoms with van der Waals surface area (Å²) in [6.07, 6.45) is 3.48. The van der Waals surface area contributed by atoms with Crippen molar-refractivity contribution in [2.45, 2.75) is 19.4 Å². The number of hydrogen-bond acceptors (Lipinski definition) is 3. The number of benzene rings is 2. The van der Waals surface area contributed by atoms with Crippen molar-refractivity contribution < 1.29 is 4.79 Å². The number of fused-ring (bicyclic) bond motifs is 1. The second-order valence-electron chi connectivity index (χ2n) is 6.40. The van der Waals surface area contributed by atoms with E-state index in [-0.39, 0.29) is 5.91 Å². The van der Waals surface area contributed by atoms with Crippen LogP contribution < -0.4 is 5.32 Å². The average molecular weight is 356 g/mol. The molecule has 134 valence electrons. The first kappa shape index (κ1) is 17.0. The molecule has 0 fully saturated rings. The molecule has 0 bridgehead atoms. The molecule has 0 atom stereocenters. The minimum atomic E-state index is -0.122. The minimum Gasteiger partial charge on any atom is -0.346 e. The summed E-state index contributed by atoms with van der Waals surface area (Å²) < 4.78 is 0. The van der Waals surface area contributed by atoms with Crippen LogP contribution in [-0.2, 0) is 19.4 Å². The highest BCUT2D eigenvalue weighted by Crippen LogP contribution is 2.15. The number of carbonyl (C=O) groups excluding carboxylic acids is 1. The van der Waals surface area contributed by atoms with E-state index in [0.717, 1.165) is 35.4 Å². The summed E-state index contributed by atoms with van der Waals surface area (Å²) in [4.78, 5) is 24.6. The molecule has 0 aliphatic carbocycles. The van der Waals surface area contributed by atoms with E-state index in [1.54, 1.807) is 12.3 Å². The molecule has 27 heavy (non-hydrogen) atoms. The maximum atomic E-state index is 12.4. The minimum absolute atomic E-state index is 0.122. The van der Waals surface area contributed by atoms with Crippen LogP contribution in [0.4, 0.5) is 0 Å². The van der Waals surface area contributed by atoms with Gasteiger partial charge in [-0.15, -0.1) is 0 Å². The van der Waals surface area contributed by atoms with Crippen molar-refractivity contribution in [1.82, 2.24) is 20.3 Å². The van der Waals surface area contributed by atoms with Crippen LogP contribution >= 0.6 is 0 Å². The molecule has 5 heteroatoms. The van der Waals surface area contributed by atoms with Gasteiger partial charge in [-0.25, -0.2) is 4.98 Å². The molecule has 0 spiro atoms. The van der Waals surface area contributed by atoms with E-state index in [4.69, 9.17) is 0 Å². The Morgan fingerprint density at radius 2 is 1.81 bits per heavy atom. The number of carbonyl (C=O) groups is 1. The summed E-state index contributed by atoms with van der Waals surface area (Å²) in [5.41, 5.74) is 4.48. The number of aromatic amines is 1. The molecule has 2 N–H and O–H groups in total. The number of H-pyrrole nitrogens is 1. The number of hydrogen-bond donors (Lipinski definition) is 2. The van der Waals surface area contributed by atoms with Crippen LogP contribution in [0.25, 0.3) is 11.0 Å². The lowest BCUT2D eigenvalue weighted by molar-refractivity contribution is 0.0950. The molecule has 0 radical (unpaired) electrons. The fourth-order valence-corrected chi connectivity index (χ4v) is 3.01. The van der Waals surface area contributed by atoms with Gasteiger partial charge in [-0.2, -0.15) is 0 Å². The van der Waals surface area contributed by atoms with Crippen LogP contribution in [0.5, 0.6) is 0 Å². The van der Waals surface area contributed by atoms with Gasteiger partial charge in [0.1, 0.15) is 5.82 Å². The van der Waals surface area contributed by atoms with Gasteiger partial charge in [0.15, 0.2) is 0 Å². The number of aromatic nitrogens is 3. The summed E-state index contributed by atoms with van der Waals surface area (Å²) in [6, 6.07) is 21.5. The lowest BCUT2D eigenvalue weighted by Crippen LogP contribution is -2.23. The number of rotatable bonds is 6. The van der Waals surface area contributed by atoms with Crippen molar-refractivity contribution in [1.29, 1.82) is 0 Å². The van der Waals surface area contributed by atoms with E-state index >= 15 is 0 Å². The highest BCUT2D eigenvalue weighted by molar-refractivity contribution is 5.97. The SMILES string of the molecule is O=C(NCc1ccccn1)c1ccc2nc(CCc3ccccc3)[nH]c2c1.